The van der Waals surface area contributed by atoms with Crippen molar-refractivity contribution in [1.29, 1.82) is 5.26 Å². The Morgan fingerprint density at radius 2 is 1.81 bits per heavy atom. The Balaban J connectivity index is 1.55. The molecule has 1 aliphatic heterocycles. The van der Waals surface area contributed by atoms with Gasteiger partial charge in [0.05, 0.1) is 24.2 Å². The zero-order valence-corrected chi connectivity index (χ0v) is 18.0. The van der Waals surface area contributed by atoms with Crippen LogP contribution in [0.1, 0.15) is 27.9 Å². The highest BCUT2D eigenvalue weighted by atomic mass is 32.2. The zero-order chi connectivity index (χ0) is 22.1. The average Bonchev–Trinajstić information content (AvgIpc) is 2.79. The number of morpholine rings is 1. The summed E-state index contributed by atoms with van der Waals surface area (Å²) in [4.78, 5) is 14.8. The van der Waals surface area contributed by atoms with Crippen molar-refractivity contribution in [2.75, 3.05) is 32.8 Å². The Kier molecular flexibility index (Phi) is 8.14. The zero-order valence-electron chi connectivity index (χ0n) is 17.2. The molecule has 3 rings (SSSR count). The number of carbonyl (C=O) groups excluding carboxylic acids is 1. The van der Waals surface area contributed by atoms with Gasteiger partial charge in [0, 0.05) is 44.7 Å². The molecule has 0 aliphatic carbocycles. The number of hydrogen-bond acceptors (Lipinski definition) is 6. The number of carbonyl (C=O) groups is 1. The van der Waals surface area contributed by atoms with Gasteiger partial charge in [-0.15, -0.1) is 0 Å². The third kappa shape index (κ3) is 6.87. The van der Waals surface area contributed by atoms with E-state index < -0.39 is 10.0 Å². The lowest BCUT2D eigenvalue weighted by Crippen LogP contribution is -2.35. The van der Waals surface area contributed by atoms with Crippen molar-refractivity contribution in [3.63, 3.8) is 0 Å². The third-order valence-corrected chi connectivity index (χ3v) is 6.38. The van der Waals surface area contributed by atoms with E-state index in [-0.39, 0.29) is 29.3 Å². The molecule has 1 aliphatic rings. The van der Waals surface area contributed by atoms with E-state index in [0.717, 1.165) is 38.4 Å². The maximum Gasteiger partial charge on any atom is 0.251 e. The van der Waals surface area contributed by atoms with Gasteiger partial charge in [-0.2, -0.15) is 5.26 Å². The van der Waals surface area contributed by atoms with Crippen LogP contribution in [0.5, 0.6) is 0 Å². The lowest BCUT2D eigenvalue weighted by atomic mass is 10.1. The van der Waals surface area contributed by atoms with Crippen LogP contribution < -0.4 is 10.0 Å². The molecule has 0 aromatic heterocycles. The summed E-state index contributed by atoms with van der Waals surface area (Å²) in [7, 11) is -3.77. The van der Waals surface area contributed by atoms with Gasteiger partial charge in [-0.3, -0.25) is 9.69 Å². The van der Waals surface area contributed by atoms with Crippen molar-refractivity contribution < 1.29 is 17.9 Å². The van der Waals surface area contributed by atoms with Gasteiger partial charge in [0.25, 0.3) is 5.91 Å². The van der Waals surface area contributed by atoms with Crippen molar-refractivity contribution in [2.24, 2.45) is 0 Å². The molecule has 2 aromatic rings. The molecular formula is C22H26N4O4S. The molecule has 2 N–H and O–H groups in total. The summed E-state index contributed by atoms with van der Waals surface area (Å²) in [6, 6.07) is 15.8. The molecule has 8 nitrogen and oxygen atoms in total. The van der Waals surface area contributed by atoms with Crippen LogP contribution in [-0.4, -0.2) is 52.1 Å². The van der Waals surface area contributed by atoms with Crippen LogP contribution in [0.15, 0.2) is 53.4 Å². The van der Waals surface area contributed by atoms with Crippen LogP contribution in [-0.2, 0) is 27.8 Å². The second-order valence-electron chi connectivity index (χ2n) is 7.22. The summed E-state index contributed by atoms with van der Waals surface area (Å²) in [6.45, 7) is 4.64. The molecule has 0 bridgehead atoms. The number of nitrogens with zero attached hydrogens (tertiary/aromatic N) is 2. The Labute approximate surface area is 182 Å². The minimum Gasteiger partial charge on any atom is -0.379 e. The van der Waals surface area contributed by atoms with E-state index in [9.17, 15) is 13.2 Å². The van der Waals surface area contributed by atoms with Gasteiger partial charge in [0.15, 0.2) is 0 Å². The van der Waals surface area contributed by atoms with E-state index in [4.69, 9.17) is 10.00 Å². The molecule has 164 valence electrons. The van der Waals surface area contributed by atoms with Gasteiger partial charge in [-0.1, -0.05) is 30.3 Å². The molecule has 0 spiro atoms. The molecule has 0 radical (unpaired) electrons. The number of nitriles is 1. The van der Waals surface area contributed by atoms with Gasteiger partial charge < -0.3 is 10.1 Å². The minimum atomic E-state index is -3.77. The fourth-order valence-electron chi connectivity index (χ4n) is 3.19. The number of ether oxygens (including phenoxy) is 1. The van der Waals surface area contributed by atoms with Crippen LogP contribution >= 0.6 is 0 Å². The third-order valence-electron chi connectivity index (χ3n) is 4.92. The predicted octanol–water partition coefficient (Wildman–Crippen LogP) is 1.64. The second kappa shape index (κ2) is 11.0. The SMILES string of the molecule is N#CCCNS(=O)(=O)c1cccc(C(=O)NCc2ccc(CN3CCOCC3)cc2)c1. The monoisotopic (exact) mass is 442 g/mol. The molecule has 0 saturated carbocycles. The first-order valence-corrected chi connectivity index (χ1v) is 11.6. The smallest absolute Gasteiger partial charge is 0.251 e. The van der Waals surface area contributed by atoms with Crippen LogP contribution in [0.2, 0.25) is 0 Å². The van der Waals surface area contributed by atoms with E-state index in [0.29, 0.717) is 6.54 Å². The highest BCUT2D eigenvalue weighted by Crippen LogP contribution is 2.13. The number of hydrogen-bond donors (Lipinski definition) is 2. The normalized spacial score (nSPS) is 14.7. The number of benzene rings is 2. The first kappa shape index (κ1) is 22.9. The van der Waals surface area contributed by atoms with Crippen LogP contribution in [0.25, 0.3) is 0 Å². The van der Waals surface area contributed by atoms with Gasteiger partial charge in [-0.25, -0.2) is 13.1 Å². The molecule has 1 amide bonds. The fraction of sp³-hybridized carbons (Fsp3) is 0.364. The fourth-order valence-corrected chi connectivity index (χ4v) is 4.27. The molecule has 1 saturated heterocycles. The lowest BCUT2D eigenvalue weighted by Gasteiger charge is -2.26. The average molecular weight is 443 g/mol. The Morgan fingerprint density at radius 1 is 1.10 bits per heavy atom. The molecule has 9 heteroatoms. The van der Waals surface area contributed by atoms with E-state index >= 15 is 0 Å². The highest BCUT2D eigenvalue weighted by molar-refractivity contribution is 7.89. The van der Waals surface area contributed by atoms with Crippen molar-refractivity contribution >= 4 is 15.9 Å². The standard InChI is InChI=1S/C22H26N4O4S/c23-9-2-10-25-31(28,29)21-4-1-3-20(15-21)22(27)24-16-18-5-7-19(8-6-18)17-26-11-13-30-14-12-26/h1,3-8,15,25H,2,10-14,16-17H2,(H,24,27). The molecule has 0 unspecified atom stereocenters. The van der Waals surface area contributed by atoms with Gasteiger partial charge in [0.2, 0.25) is 10.0 Å². The van der Waals surface area contributed by atoms with Crippen molar-refractivity contribution in [2.45, 2.75) is 24.4 Å². The number of amides is 1. The Hall–Kier alpha value is -2.77. The van der Waals surface area contributed by atoms with Crippen molar-refractivity contribution in [3.05, 3.63) is 65.2 Å². The van der Waals surface area contributed by atoms with E-state index in [2.05, 4.69) is 27.1 Å². The Morgan fingerprint density at radius 3 is 2.52 bits per heavy atom. The van der Waals surface area contributed by atoms with Gasteiger partial charge in [0.1, 0.15) is 0 Å². The summed E-state index contributed by atoms with van der Waals surface area (Å²) in [5, 5.41) is 11.4. The molecule has 1 heterocycles. The van der Waals surface area contributed by atoms with Crippen LogP contribution in [0, 0.1) is 11.3 Å². The summed E-state index contributed by atoms with van der Waals surface area (Å²) in [5.41, 5.74) is 2.42. The topological polar surface area (TPSA) is 112 Å². The summed E-state index contributed by atoms with van der Waals surface area (Å²) in [5.74, 6) is -0.355. The number of sulfonamides is 1. The summed E-state index contributed by atoms with van der Waals surface area (Å²) in [6.07, 6.45) is 0.0741. The van der Waals surface area contributed by atoms with E-state index in [1.54, 1.807) is 6.07 Å². The Bertz CT molecular complexity index is 1030. The first-order valence-electron chi connectivity index (χ1n) is 10.1. The van der Waals surface area contributed by atoms with Gasteiger partial charge in [-0.05, 0) is 29.3 Å². The maximum absolute atomic E-state index is 12.5. The molecule has 2 aromatic carbocycles. The molecule has 31 heavy (non-hydrogen) atoms. The lowest BCUT2D eigenvalue weighted by molar-refractivity contribution is 0.0342. The van der Waals surface area contributed by atoms with E-state index in [1.807, 2.05) is 18.2 Å². The second-order valence-corrected chi connectivity index (χ2v) is 8.99. The number of nitrogens with one attached hydrogen (secondary N) is 2. The molecule has 0 atom stereocenters. The number of rotatable bonds is 9. The largest absolute Gasteiger partial charge is 0.379 e. The molecular weight excluding hydrogens is 416 g/mol. The predicted molar refractivity (Wildman–Crippen MR) is 116 cm³/mol. The first-order chi connectivity index (χ1) is 15.0. The summed E-state index contributed by atoms with van der Waals surface area (Å²) < 4.78 is 32.3. The van der Waals surface area contributed by atoms with Crippen molar-refractivity contribution in [3.8, 4) is 6.07 Å². The minimum absolute atomic E-state index is 0.00874. The van der Waals surface area contributed by atoms with Crippen LogP contribution in [0.4, 0.5) is 0 Å². The van der Waals surface area contributed by atoms with Crippen LogP contribution in [0.3, 0.4) is 0 Å². The molecule has 1 fully saturated rings. The maximum atomic E-state index is 12.5. The highest BCUT2D eigenvalue weighted by Gasteiger charge is 2.16. The van der Waals surface area contributed by atoms with Gasteiger partial charge >= 0.3 is 0 Å². The summed E-state index contributed by atoms with van der Waals surface area (Å²) >= 11 is 0. The quantitative estimate of drug-likeness (QED) is 0.571. The van der Waals surface area contributed by atoms with Crippen molar-refractivity contribution in [1.82, 2.24) is 14.9 Å². The van der Waals surface area contributed by atoms with E-state index in [1.165, 1.54) is 23.8 Å².